The van der Waals surface area contributed by atoms with Crippen LogP contribution in [0.5, 0.6) is 0 Å². The highest BCUT2D eigenvalue weighted by Crippen LogP contribution is 2.22. The Morgan fingerprint density at radius 2 is 2.00 bits per heavy atom. The second-order valence-electron chi connectivity index (χ2n) is 5.65. The summed E-state index contributed by atoms with van der Waals surface area (Å²) in [6.45, 7) is 3.79. The zero-order valence-electron chi connectivity index (χ0n) is 13.8. The molecule has 2 aromatic rings. The maximum absolute atomic E-state index is 12.0. The standard InChI is InChI=1S/C18H22N2O3S/c1-3-13-6-4-7-14(11-13)20-18(23)17(22)19-12(2)10-15(21)16-8-5-9-24-16/h4-9,11-12,15,21H,3,10H2,1-2H3,(H,19,22)(H,20,23). The summed E-state index contributed by atoms with van der Waals surface area (Å²) in [5.41, 5.74) is 1.68. The van der Waals surface area contributed by atoms with E-state index in [9.17, 15) is 14.7 Å². The third-order valence-electron chi connectivity index (χ3n) is 3.63. The number of carbonyl (C=O) groups is 2. The minimum Gasteiger partial charge on any atom is -0.387 e. The van der Waals surface area contributed by atoms with Crippen LogP contribution in [0, 0.1) is 0 Å². The molecule has 0 aliphatic heterocycles. The minimum absolute atomic E-state index is 0.317. The molecule has 0 fully saturated rings. The lowest BCUT2D eigenvalue weighted by molar-refractivity contribution is -0.136. The summed E-state index contributed by atoms with van der Waals surface area (Å²) in [6, 6.07) is 10.8. The van der Waals surface area contributed by atoms with Gasteiger partial charge in [0.2, 0.25) is 0 Å². The molecule has 0 aliphatic rings. The molecule has 5 nitrogen and oxygen atoms in total. The number of aliphatic hydroxyl groups is 1. The van der Waals surface area contributed by atoms with Crippen LogP contribution in [0.1, 0.15) is 36.8 Å². The van der Waals surface area contributed by atoms with Gasteiger partial charge in [0.1, 0.15) is 0 Å². The number of anilines is 1. The molecule has 2 atom stereocenters. The maximum Gasteiger partial charge on any atom is 0.313 e. The first kappa shape index (κ1) is 18.2. The first-order valence-corrected chi connectivity index (χ1v) is 8.79. The Morgan fingerprint density at radius 3 is 2.67 bits per heavy atom. The Labute approximate surface area is 145 Å². The Kier molecular flexibility index (Phi) is 6.52. The van der Waals surface area contributed by atoms with Crippen LogP contribution in [0.3, 0.4) is 0 Å². The van der Waals surface area contributed by atoms with Crippen molar-refractivity contribution in [2.45, 2.75) is 38.8 Å². The van der Waals surface area contributed by atoms with Crippen LogP contribution >= 0.6 is 11.3 Å². The first-order valence-electron chi connectivity index (χ1n) is 7.91. The number of amides is 2. The fraction of sp³-hybridized carbons (Fsp3) is 0.333. The van der Waals surface area contributed by atoms with Gasteiger partial charge in [0.15, 0.2) is 0 Å². The van der Waals surface area contributed by atoms with Crippen LogP contribution in [0.25, 0.3) is 0 Å². The van der Waals surface area contributed by atoms with E-state index < -0.39 is 17.9 Å². The Hall–Kier alpha value is -2.18. The van der Waals surface area contributed by atoms with Gasteiger partial charge in [-0.1, -0.05) is 25.1 Å². The molecule has 0 spiro atoms. The second kappa shape index (κ2) is 8.61. The highest BCUT2D eigenvalue weighted by molar-refractivity contribution is 7.10. The molecule has 2 amide bonds. The van der Waals surface area contributed by atoms with Gasteiger partial charge in [-0.25, -0.2) is 0 Å². The number of carbonyl (C=O) groups excluding carboxylic acids is 2. The number of nitrogens with one attached hydrogen (secondary N) is 2. The summed E-state index contributed by atoms with van der Waals surface area (Å²) in [7, 11) is 0. The number of thiophene rings is 1. The van der Waals surface area contributed by atoms with E-state index in [0.717, 1.165) is 16.9 Å². The van der Waals surface area contributed by atoms with Gasteiger partial charge in [0, 0.05) is 16.6 Å². The molecule has 128 valence electrons. The Morgan fingerprint density at radius 1 is 1.21 bits per heavy atom. The van der Waals surface area contributed by atoms with Crippen molar-refractivity contribution in [3.05, 3.63) is 52.2 Å². The zero-order chi connectivity index (χ0) is 17.5. The predicted octanol–water partition coefficient (Wildman–Crippen LogP) is 2.88. The summed E-state index contributed by atoms with van der Waals surface area (Å²) in [4.78, 5) is 24.8. The number of aliphatic hydroxyl groups excluding tert-OH is 1. The van der Waals surface area contributed by atoms with Crippen molar-refractivity contribution in [2.75, 3.05) is 5.32 Å². The van der Waals surface area contributed by atoms with E-state index in [2.05, 4.69) is 10.6 Å². The molecule has 3 N–H and O–H groups in total. The van der Waals surface area contributed by atoms with E-state index in [4.69, 9.17) is 0 Å². The largest absolute Gasteiger partial charge is 0.387 e. The average Bonchev–Trinajstić information content (AvgIpc) is 3.09. The average molecular weight is 346 g/mol. The normalized spacial score (nSPS) is 13.1. The van der Waals surface area contributed by atoms with Crippen LogP contribution < -0.4 is 10.6 Å². The molecule has 0 aliphatic carbocycles. The van der Waals surface area contributed by atoms with Gasteiger partial charge in [0.05, 0.1) is 6.10 Å². The number of aryl methyl sites for hydroxylation is 1. The van der Waals surface area contributed by atoms with E-state index in [1.165, 1.54) is 11.3 Å². The van der Waals surface area contributed by atoms with Crippen molar-refractivity contribution in [2.24, 2.45) is 0 Å². The van der Waals surface area contributed by atoms with E-state index in [0.29, 0.717) is 12.1 Å². The lowest BCUT2D eigenvalue weighted by Gasteiger charge is -2.17. The van der Waals surface area contributed by atoms with E-state index in [1.807, 2.05) is 42.6 Å². The molecule has 0 radical (unpaired) electrons. The summed E-state index contributed by atoms with van der Waals surface area (Å²) in [5, 5.41) is 17.2. The van der Waals surface area contributed by atoms with Crippen molar-refractivity contribution in [3.63, 3.8) is 0 Å². The van der Waals surface area contributed by atoms with Crippen LogP contribution in [0.15, 0.2) is 41.8 Å². The molecule has 1 heterocycles. The summed E-state index contributed by atoms with van der Waals surface area (Å²) >= 11 is 1.46. The lowest BCUT2D eigenvalue weighted by Crippen LogP contribution is -2.41. The maximum atomic E-state index is 12.0. The molecule has 24 heavy (non-hydrogen) atoms. The van der Waals surface area contributed by atoms with Crippen molar-refractivity contribution in [3.8, 4) is 0 Å². The summed E-state index contributed by atoms with van der Waals surface area (Å²) in [5.74, 6) is -1.41. The number of rotatable bonds is 6. The first-order chi connectivity index (χ1) is 11.5. The van der Waals surface area contributed by atoms with E-state index in [1.54, 1.807) is 13.0 Å². The molecular weight excluding hydrogens is 324 g/mol. The van der Waals surface area contributed by atoms with Crippen LogP contribution in [0.2, 0.25) is 0 Å². The smallest absolute Gasteiger partial charge is 0.313 e. The van der Waals surface area contributed by atoms with Crippen LogP contribution in [0.4, 0.5) is 5.69 Å². The molecule has 2 unspecified atom stereocenters. The third kappa shape index (κ3) is 5.18. The summed E-state index contributed by atoms with van der Waals surface area (Å²) in [6.07, 6.45) is 0.558. The van der Waals surface area contributed by atoms with Gasteiger partial charge in [-0.2, -0.15) is 0 Å². The highest BCUT2D eigenvalue weighted by Gasteiger charge is 2.19. The molecule has 2 rings (SSSR count). The zero-order valence-corrected chi connectivity index (χ0v) is 14.6. The van der Waals surface area contributed by atoms with Crippen molar-refractivity contribution >= 4 is 28.8 Å². The Balaban J connectivity index is 1.85. The molecular formula is C18H22N2O3S. The minimum atomic E-state index is -0.708. The molecule has 1 aromatic heterocycles. The molecule has 0 saturated carbocycles. The fourth-order valence-corrected chi connectivity index (χ4v) is 3.06. The third-order valence-corrected chi connectivity index (χ3v) is 4.60. The summed E-state index contributed by atoms with van der Waals surface area (Å²) < 4.78 is 0. The van der Waals surface area contributed by atoms with E-state index in [-0.39, 0.29) is 6.04 Å². The number of hydrogen-bond acceptors (Lipinski definition) is 4. The molecule has 1 aromatic carbocycles. The van der Waals surface area contributed by atoms with Gasteiger partial charge < -0.3 is 15.7 Å². The number of hydrogen-bond donors (Lipinski definition) is 3. The second-order valence-corrected chi connectivity index (χ2v) is 6.63. The van der Waals surface area contributed by atoms with Gasteiger partial charge in [-0.15, -0.1) is 11.3 Å². The SMILES string of the molecule is CCc1cccc(NC(=O)C(=O)NC(C)CC(O)c2cccs2)c1. The van der Waals surface area contributed by atoms with Gasteiger partial charge in [-0.05, 0) is 48.9 Å². The highest BCUT2D eigenvalue weighted by atomic mass is 32.1. The number of benzene rings is 1. The van der Waals surface area contributed by atoms with Crippen molar-refractivity contribution in [1.82, 2.24) is 5.32 Å². The van der Waals surface area contributed by atoms with Gasteiger partial charge in [0.25, 0.3) is 0 Å². The Bertz CT molecular complexity index is 685. The van der Waals surface area contributed by atoms with Gasteiger partial charge >= 0.3 is 11.8 Å². The lowest BCUT2D eigenvalue weighted by atomic mass is 10.1. The monoisotopic (exact) mass is 346 g/mol. The topological polar surface area (TPSA) is 78.4 Å². The predicted molar refractivity (Wildman–Crippen MR) is 96.0 cm³/mol. The van der Waals surface area contributed by atoms with Crippen molar-refractivity contribution < 1.29 is 14.7 Å². The molecule has 0 saturated heterocycles. The van der Waals surface area contributed by atoms with Gasteiger partial charge in [-0.3, -0.25) is 9.59 Å². The quantitative estimate of drug-likeness (QED) is 0.704. The molecule has 6 heteroatoms. The molecule has 0 bridgehead atoms. The fourth-order valence-electron chi connectivity index (χ4n) is 2.34. The van der Waals surface area contributed by atoms with Crippen LogP contribution in [-0.2, 0) is 16.0 Å². The van der Waals surface area contributed by atoms with Crippen molar-refractivity contribution in [1.29, 1.82) is 0 Å². The van der Waals surface area contributed by atoms with Crippen LogP contribution in [-0.4, -0.2) is 23.0 Å². The van der Waals surface area contributed by atoms with E-state index >= 15 is 0 Å².